The van der Waals surface area contributed by atoms with Crippen molar-refractivity contribution < 1.29 is 13.2 Å². The molecular formula is C23H35N5O4S2. The normalized spacial score (nSPS) is 19.0. The highest BCUT2D eigenvalue weighted by atomic mass is 32.2. The second-order valence-corrected chi connectivity index (χ2v) is 12.6. The molecule has 2 fully saturated rings. The van der Waals surface area contributed by atoms with Crippen LogP contribution in [0.25, 0.3) is 10.2 Å². The van der Waals surface area contributed by atoms with Crippen LogP contribution in [0.2, 0.25) is 0 Å². The van der Waals surface area contributed by atoms with Crippen LogP contribution in [0, 0.1) is 12.8 Å². The number of aryl methyl sites for hydroxylation is 1. The molecule has 2 aliphatic heterocycles. The van der Waals surface area contributed by atoms with Gasteiger partial charge >= 0.3 is 0 Å². The molecule has 0 unspecified atom stereocenters. The van der Waals surface area contributed by atoms with Crippen molar-refractivity contribution in [2.45, 2.75) is 63.8 Å². The molecule has 34 heavy (non-hydrogen) atoms. The van der Waals surface area contributed by atoms with Crippen molar-refractivity contribution in [2.24, 2.45) is 5.92 Å². The summed E-state index contributed by atoms with van der Waals surface area (Å²) in [4.78, 5) is 33.5. The van der Waals surface area contributed by atoms with Gasteiger partial charge in [-0.1, -0.05) is 13.3 Å². The average Bonchev–Trinajstić information content (AvgIpc) is 3.18. The van der Waals surface area contributed by atoms with E-state index in [2.05, 4.69) is 22.1 Å². The maximum Gasteiger partial charge on any atom is 0.263 e. The minimum Gasteiger partial charge on any atom is -0.354 e. The van der Waals surface area contributed by atoms with Crippen LogP contribution in [-0.2, 0) is 21.4 Å². The molecule has 2 saturated heterocycles. The lowest BCUT2D eigenvalue weighted by molar-refractivity contribution is -0.121. The van der Waals surface area contributed by atoms with Crippen LogP contribution in [0.15, 0.2) is 16.0 Å². The van der Waals surface area contributed by atoms with Crippen LogP contribution in [0.1, 0.15) is 50.3 Å². The molecule has 9 nitrogen and oxygen atoms in total. The van der Waals surface area contributed by atoms with Gasteiger partial charge < -0.3 is 10.2 Å². The Balaban J connectivity index is 1.43. The lowest BCUT2D eigenvalue weighted by atomic mass is 9.99. The monoisotopic (exact) mass is 509 g/mol. The van der Waals surface area contributed by atoms with Gasteiger partial charge in [0.15, 0.2) is 0 Å². The highest BCUT2D eigenvalue weighted by Crippen LogP contribution is 2.33. The predicted octanol–water partition coefficient (Wildman–Crippen LogP) is 2.18. The summed E-state index contributed by atoms with van der Waals surface area (Å²) in [6.45, 7) is 8.46. The van der Waals surface area contributed by atoms with E-state index in [1.807, 2.05) is 0 Å². The van der Waals surface area contributed by atoms with E-state index in [-0.39, 0.29) is 22.7 Å². The molecule has 0 saturated carbocycles. The van der Waals surface area contributed by atoms with Gasteiger partial charge in [-0.15, -0.1) is 11.3 Å². The van der Waals surface area contributed by atoms with Gasteiger partial charge in [-0.3, -0.25) is 14.2 Å². The molecule has 2 aromatic heterocycles. The number of likely N-dealkylation sites (tertiary alicyclic amines) is 1. The van der Waals surface area contributed by atoms with Crippen molar-refractivity contribution in [3.63, 3.8) is 0 Å². The van der Waals surface area contributed by atoms with Gasteiger partial charge in [0.1, 0.15) is 16.3 Å². The van der Waals surface area contributed by atoms with E-state index < -0.39 is 15.6 Å². The molecule has 2 aromatic rings. The smallest absolute Gasteiger partial charge is 0.263 e. The maximum absolute atomic E-state index is 13.4. The first-order valence-corrected chi connectivity index (χ1v) is 14.5. The fourth-order valence-corrected chi connectivity index (χ4v) is 7.98. The quantitative estimate of drug-likeness (QED) is 0.547. The minimum atomic E-state index is -3.79. The first-order valence-electron chi connectivity index (χ1n) is 12.2. The van der Waals surface area contributed by atoms with E-state index in [0.29, 0.717) is 29.3 Å². The Morgan fingerprint density at radius 3 is 2.59 bits per heavy atom. The van der Waals surface area contributed by atoms with Crippen molar-refractivity contribution in [3.8, 4) is 0 Å². The van der Waals surface area contributed by atoms with E-state index in [1.54, 1.807) is 6.92 Å². The van der Waals surface area contributed by atoms with Crippen LogP contribution in [0.3, 0.4) is 0 Å². The number of hydrogen-bond donors (Lipinski definition) is 1. The van der Waals surface area contributed by atoms with Crippen molar-refractivity contribution in [3.05, 3.63) is 21.6 Å². The topological polar surface area (TPSA) is 105 Å². The van der Waals surface area contributed by atoms with Crippen molar-refractivity contribution in [1.82, 2.24) is 24.1 Å². The Morgan fingerprint density at radius 2 is 1.88 bits per heavy atom. The molecule has 0 aliphatic carbocycles. The number of aromatic nitrogens is 2. The molecule has 0 spiro atoms. The van der Waals surface area contributed by atoms with Gasteiger partial charge in [0.05, 0.1) is 11.7 Å². The number of piperidine rings is 2. The number of amides is 1. The van der Waals surface area contributed by atoms with Crippen molar-refractivity contribution in [2.75, 3.05) is 39.3 Å². The Labute approximate surface area is 205 Å². The molecule has 1 amide bonds. The second-order valence-electron chi connectivity index (χ2n) is 9.54. The van der Waals surface area contributed by atoms with E-state index >= 15 is 0 Å². The lowest BCUT2D eigenvalue weighted by Gasteiger charge is -2.30. The first kappa shape index (κ1) is 25.3. The fourth-order valence-electron chi connectivity index (χ4n) is 4.80. The zero-order valence-corrected chi connectivity index (χ0v) is 21.7. The molecule has 0 bridgehead atoms. The highest BCUT2D eigenvalue weighted by Gasteiger charge is 2.32. The van der Waals surface area contributed by atoms with Crippen LogP contribution in [0.4, 0.5) is 0 Å². The van der Waals surface area contributed by atoms with E-state index in [1.165, 1.54) is 39.4 Å². The summed E-state index contributed by atoms with van der Waals surface area (Å²) in [5.41, 5.74) is -0.484. The Kier molecular flexibility index (Phi) is 8.06. The van der Waals surface area contributed by atoms with Gasteiger partial charge in [0.2, 0.25) is 15.9 Å². The molecule has 4 heterocycles. The number of sulfonamides is 1. The van der Waals surface area contributed by atoms with Crippen LogP contribution < -0.4 is 10.9 Å². The molecule has 11 heteroatoms. The molecule has 0 aromatic carbocycles. The van der Waals surface area contributed by atoms with Gasteiger partial charge in [0, 0.05) is 24.5 Å². The Bertz CT molecular complexity index is 1180. The Hall–Kier alpha value is -1.82. The van der Waals surface area contributed by atoms with Gasteiger partial charge in [-0.05, 0) is 64.6 Å². The Morgan fingerprint density at radius 1 is 1.18 bits per heavy atom. The van der Waals surface area contributed by atoms with Crippen LogP contribution in [-0.4, -0.2) is 72.3 Å². The number of rotatable bonds is 8. The number of hydrogen-bond acceptors (Lipinski definition) is 7. The number of thiophene rings is 1. The first-order chi connectivity index (χ1) is 16.3. The second kappa shape index (κ2) is 10.8. The lowest BCUT2D eigenvalue weighted by Crippen LogP contribution is -2.37. The summed E-state index contributed by atoms with van der Waals surface area (Å²) < 4.78 is 29.4. The summed E-state index contributed by atoms with van der Waals surface area (Å²) in [6.07, 6.45) is 7.29. The van der Waals surface area contributed by atoms with Crippen LogP contribution >= 0.6 is 11.3 Å². The maximum atomic E-state index is 13.4. The van der Waals surface area contributed by atoms with Crippen molar-refractivity contribution in [1.29, 1.82) is 0 Å². The average molecular weight is 510 g/mol. The predicted molar refractivity (Wildman–Crippen MR) is 134 cm³/mol. The molecule has 0 atom stereocenters. The van der Waals surface area contributed by atoms with Crippen molar-refractivity contribution >= 4 is 37.5 Å². The zero-order chi connectivity index (χ0) is 24.3. The number of nitrogens with zero attached hydrogens (tertiary/aromatic N) is 4. The third kappa shape index (κ3) is 5.53. The molecule has 0 radical (unpaired) electrons. The standard InChI is InChI=1S/C23H35N5O4S2/c1-17-7-13-26(14-8-17)10-6-9-24-19(29)15-27-16-25-22-20(23(27)30)21(18(2)33-22)34(31,32)28-11-4-3-5-12-28/h16-17H,3-15H2,1-2H3,(H,24,29). The summed E-state index contributed by atoms with van der Waals surface area (Å²) in [7, 11) is -3.79. The van der Waals surface area contributed by atoms with E-state index in [9.17, 15) is 18.0 Å². The number of carbonyl (C=O) groups is 1. The minimum absolute atomic E-state index is 0.0532. The number of fused-ring (bicyclic) bond motifs is 1. The number of nitrogens with one attached hydrogen (secondary N) is 1. The third-order valence-electron chi connectivity index (χ3n) is 6.88. The van der Waals surface area contributed by atoms with Gasteiger partial charge in [0.25, 0.3) is 5.56 Å². The van der Waals surface area contributed by atoms with Gasteiger partial charge in [-0.25, -0.2) is 13.4 Å². The van der Waals surface area contributed by atoms with E-state index in [0.717, 1.165) is 51.2 Å². The highest BCUT2D eigenvalue weighted by molar-refractivity contribution is 7.89. The van der Waals surface area contributed by atoms with E-state index in [4.69, 9.17) is 0 Å². The molecule has 188 valence electrons. The fraction of sp³-hybridized carbons (Fsp3) is 0.696. The SMILES string of the molecule is Cc1sc2ncn(CC(=O)NCCCN3CCC(C)CC3)c(=O)c2c1S(=O)(=O)N1CCCCC1. The molecule has 1 N–H and O–H groups in total. The van der Waals surface area contributed by atoms with Crippen LogP contribution in [0.5, 0.6) is 0 Å². The summed E-state index contributed by atoms with van der Waals surface area (Å²) >= 11 is 1.21. The molecular weight excluding hydrogens is 474 g/mol. The largest absolute Gasteiger partial charge is 0.354 e. The van der Waals surface area contributed by atoms with Gasteiger partial charge in [-0.2, -0.15) is 4.31 Å². The summed E-state index contributed by atoms with van der Waals surface area (Å²) in [5.74, 6) is 0.519. The number of carbonyl (C=O) groups excluding carboxylic acids is 1. The summed E-state index contributed by atoms with van der Waals surface area (Å²) in [5, 5.41) is 2.98. The zero-order valence-electron chi connectivity index (χ0n) is 20.1. The summed E-state index contributed by atoms with van der Waals surface area (Å²) in [6, 6.07) is 0. The third-order valence-corrected chi connectivity index (χ3v) is 10.1. The molecule has 4 rings (SSSR count). The molecule has 2 aliphatic rings.